The summed E-state index contributed by atoms with van der Waals surface area (Å²) in [5, 5.41) is 0.663. The molecule has 5 heteroatoms. The number of nitrogens with one attached hydrogen (secondary N) is 1. The van der Waals surface area contributed by atoms with Crippen molar-refractivity contribution < 1.29 is 4.42 Å². The molecule has 0 spiro atoms. The van der Waals surface area contributed by atoms with Gasteiger partial charge in [0, 0.05) is 5.02 Å². The van der Waals surface area contributed by atoms with Crippen molar-refractivity contribution in [2.45, 2.75) is 13.0 Å². The zero-order valence-corrected chi connectivity index (χ0v) is 11.6. The number of aryl methyl sites for hydroxylation is 1. The van der Waals surface area contributed by atoms with E-state index in [1.807, 2.05) is 31.2 Å². The lowest BCUT2D eigenvalue weighted by atomic mass is 9.98. The van der Waals surface area contributed by atoms with Gasteiger partial charge in [0.2, 0.25) is 0 Å². The van der Waals surface area contributed by atoms with E-state index in [9.17, 15) is 4.79 Å². The first-order valence-corrected chi connectivity index (χ1v) is 6.57. The first-order valence-electron chi connectivity index (χ1n) is 6.19. The molecule has 0 saturated carbocycles. The molecule has 0 aliphatic rings. The number of rotatable bonds is 2. The Morgan fingerprint density at radius 3 is 2.90 bits per heavy atom. The molecule has 0 bridgehead atoms. The lowest BCUT2D eigenvalue weighted by Gasteiger charge is -2.15. The summed E-state index contributed by atoms with van der Waals surface area (Å²) in [5.74, 6) is -0.473. The number of fused-ring (bicyclic) bond motifs is 1. The van der Waals surface area contributed by atoms with Crippen molar-refractivity contribution in [1.82, 2.24) is 4.98 Å². The van der Waals surface area contributed by atoms with E-state index in [1.165, 1.54) is 0 Å². The molecular formula is C15H13ClN2O2. The second kappa shape index (κ2) is 4.81. The Hall–Kier alpha value is -2.04. The number of H-pyrrole nitrogens is 1. The van der Waals surface area contributed by atoms with Crippen LogP contribution in [0.15, 0.2) is 45.6 Å². The molecule has 1 atom stereocenters. The van der Waals surface area contributed by atoms with E-state index in [0.29, 0.717) is 16.1 Å². The molecule has 1 heterocycles. The van der Waals surface area contributed by atoms with Crippen molar-refractivity contribution in [3.8, 4) is 0 Å². The number of benzene rings is 2. The molecule has 0 fully saturated rings. The molecule has 3 aromatic rings. The van der Waals surface area contributed by atoms with Crippen LogP contribution in [0.25, 0.3) is 11.1 Å². The molecule has 102 valence electrons. The summed E-state index contributed by atoms with van der Waals surface area (Å²) in [7, 11) is 0. The zero-order chi connectivity index (χ0) is 14.3. The number of hydrogen-bond acceptors (Lipinski definition) is 3. The molecule has 3 N–H and O–H groups in total. The molecule has 0 amide bonds. The maximum atomic E-state index is 11.2. The molecule has 20 heavy (non-hydrogen) atoms. The summed E-state index contributed by atoms with van der Waals surface area (Å²) in [6, 6.07) is 10.8. The van der Waals surface area contributed by atoms with Crippen LogP contribution in [0, 0.1) is 6.92 Å². The van der Waals surface area contributed by atoms with E-state index in [4.69, 9.17) is 21.8 Å². The maximum absolute atomic E-state index is 11.2. The van der Waals surface area contributed by atoms with Crippen LogP contribution in [0.3, 0.4) is 0 Å². The molecule has 4 nitrogen and oxygen atoms in total. The third kappa shape index (κ3) is 2.13. The van der Waals surface area contributed by atoms with Gasteiger partial charge in [-0.2, -0.15) is 0 Å². The van der Waals surface area contributed by atoms with E-state index in [1.54, 1.807) is 12.1 Å². The number of nitrogens with two attached hydrogens (primary N) is 1. The van der Waals surface area contributed by atoms with Crippen LogP contribution in [-0.4, -0.2) is 4.98 Å². The minimum Gasteiger partial charge on any atom is -0.408 e. The molecular weight excluding hydrogens is 276 g/mol. The number of oxazole rings is 1. The average molecular weight is 289 g/mol. The average Bonchev–Trinajstić information content (AvgIpc) is 2.80. The smallest absolute Gasteiger partial charge is 0.408 e. The maximum Gasteiger partial charge on any atom is 0.417 e. The van der Waals surface area contributed by atoms with E-state index < -0.39 is 5.76 Å². The zero-order valence-electron chi connectivity index (χ0n) is 10.8. The summed E-state index contributed by atoms with van der Waals surface area (Å²) in [5.41, 5.74) is 10.1. The monoisotopic (exact) mass is 288 g/mol. The topological polar surface area (TPSA) is 72.0 Å². The normalized spacial score (nSPS) is 12.8. The van der Waals surface area contributed by atoms with E-state index in [-0.39, 0.29) is 6.04 Å². The highest BCUT2D eigenvalue weighted by molar-refractivity contribution is 6.32. The highest BCUT2D eigenvalue weighted by atomic mass is 35.5. The van der Waals surface area contributed by atoms with Gasteiger partial charge < -0.3 is 10.2 Å². The van der Waals surface area contributed by atoms with E-state index in [0.717, 1.165) is 16.7 Å². The number of aromatic nitrogens is 1. The predicted molar refractivity (Wildman–Crippen MR) is 79.1 cm³/mol. The van der Waals surface area contributed by atoms with Crippen molar-refractivity contribution in [2.24, 2.45) is 5.73 Å². The van der Waals surface area contributed by atoms with Gasteiger partial charge in [-0.3, -0.25) is 4.98 Å². The molecule has 0 aliphatic carbocycles. The van der Waals surface area contributed by atoms with Gasteiger partial charge >= 0.3 is 5.76 Å². The Balaban J connectivity index is 2.09. The Kier molecular flexibility index (Phi) is 3.12. The van der Waals surface area contributed by atoms with Gasteiger partial charge in [-0.1, -0.05) is 35.9 Å². The van der Waals surface area contributed by atoms with Gasteiger partial charge in [0.1, 0.15) is 0 Å². The lowest BCUT2D eigenvalue weighted by molar-refractivity contribution is 0.555. The summed E-state index contributed by atoms with van der Waals surface area (Å²) < 4.78 is 5.05. The number of halogens is 1. The van der Waals surface area contributed by atoms with Gasteiger partial charge in [0.05, 0.1) is 11.6 Å². The summed E-state index contributed by atoms with van der Waals surface area (Å²) in [6.45, 7) is 1.94. The van der Waals surface area contributed by atoms with Crippen LogP contribution in [0.5, 0.6) is 0 Å². The standard InChI is InChI=1S/C15H13ClN2O2/c1-8-3-2-4-10(13(8)16)14(17)9-5-6-11-12(7-9)20-15(19)18-11/h2-7,14H,17H2,1H3,(H,18,19). The second-order valence-corrected chi connectivity index (χ2v) is 5.10. The molecule has 0 saturated heterocycles. The molecule has 2 aromatic carbocycles. The fourth-order valence-corrected chi connectivity index (χ4v) is 2.49. The van der Waals surface area contributed by atoms with Crippen LogP contribution in [0.4, 0.5) is 0 Å². The van der Waals surface area contributed by atoms with Crippen molar-refractivity contribution in [1.29, 1.82) is 0 Å². The van der Waals surface area contributed by atoms with Gasteiger partial charge in [-0.15, -0.1) is 0 Å². The third-order valence-electron chi connectivity index (χ3n) is 3.36. The van der Waals surface area contributed by atoms with Gasteiger partial charge in [0.15, 0.2) is 5.58 Å². The van der Waals surface area contributed by atoms with Crippen LogP contribution in [-0.2, 0) is 0 Å². The van der Waals surface area contributed by atoms with Crippen molar-refractivity contribution in [3.05, 3.63) is 68.7 Å². The number of aromatic amines is 1. The minimum atomic E-state index is -0.473. The molecule has 1 unspecified atom stereocenters. The van der Waals surface area contributed by atoms with E-state index in [2.05, 4.69) is 4.98 Å². The van der Waals surface area contributed by atoms with E-state index >= 15 is 0 Å². The molecule has 0 radical (unpaired) electrons. The lowest BCUT2D eigenvalue weighted by Crippen LogP contribution is -2.12. The van der Waals surface area contributed by atoms with Crippen molar-refractivity contribution in [2.75, 3.05) is 0 Å². The van der Waals surface area contributed by atoms with Crippen LogP contribution >= 0.6 is 11.6 Å². The molecule has 1 aromatic heterocycles. The van der Waals surface area contributed by atoms with Gasteiger partial charge in [-0.25, -0.2) is 4.79 Å². The van der Waals surface area contributed by atoms with Crippen LogP contribution < -0.4 is 11.5 Å². The first-order chi connectivity index (χ1) is 9.56. The third-order valence-corrected chi connectivity index (χ3v) is 3.88. The van der Waals surface area contributed by atoms with Gasteiger partial charge in [-0.05, 0) is 35.7 Å². The number of hydrogen-bond donors (Lipinski definition) is 2. The van der Waals surface area contributed by atoms with Crippen molar-refractivity contribution >= 4 is 22.7 Å². The quantitative estimate of drug-likeness (QED) is 0.761. The largest absolute Gasteiger partial charge is 0.417 e. The summed E-state index contributed by atoms with van der Waals surface area (Å²) in [6.07, 6.45) is 0. The minimum absolute atomic E-state index is 0.369. The Labute approximate surface area is 120 Å². The van der Waals surface area contributed by atoms with Crippen molar-refractivity contribution in [3.63, 3.8) is 0 Å². The van der Waals surface area contributed by atoms with Crippen LogP contribution in [0.2, 0.25) is 5.02 Å². The molecule has 3 rings (SSSR count). The fraction of sp³-hybridized carbons (Fsp3) is 0.133. The summed E-state index contributed by atoms with van der Waals surface area (Å²) in [4.78, 5) is 13.8. The fourth-order valence-electron chi connectivity index (χ4n) is 2.25. The molecule has 0 aliphatic heterocycles. The highest BCUT2D eigenvalue weighted by Crippen LogP contribution is 2.29. The highest BCUT2D eigenvalue weighted by Gasteiger charge is 2.15. The Morgan fingerprint density at radius 2 is 2.10 bits per heavy atom. The first kappa shape index (κ1) is 13.0. The summed E-state index contributed by atoms with van der Waals surface area (Å²) >= 11 is 6.30. The Morgan fingerprint density at radius 1 is 1.30 bits per heavy atom. The van der Waals surface area contributed by atoms with Crippen LogP contribution in [0.1, 0.15) is 22.7 Å². The second-order valence-electron chi connectivity index (χ2n) is 4.73. The SMILES string of the molecule is Cc1cccc(C(N)c2ccc3[nH]c(=O)oc3c2)c1Cl. The van der Waals surface area contributed by atoms with Gasteiger partial charge in [0.25, 0.3) is 0 Å². The Bertz CT molecular complexity index is 835. The predicted octanol–water partition coefficient (Wildman–Crippen LogP) is 3.13.